The van der Waals surface area contributed by atoms with Gasteiger partial charge in [0.15, 0.2) is 0 Å². The van der Waals surface area contributed by atoms with E-state index < -0.39 is 35.5 Å². The molecule has 0 aliphatic rings. The van der Waals surface area contributed by atoms with Gasteiger partial charge in [-0.25, -0.2) is 13.6 Å². The molecular weight excluding hydrogens is 268 g/mol. The summed E-state index contributed by atoms with van der Waals surface area (Å²) in [4.78, 5) is 11.6. The van der Waals surface area contributed by atoms with Crippen LogP contribution in [0.5, 0.6) is 5.75 Å². The molecule has 0 heterocycles. The van der Waals surface area contributed by atoms with Gasteiger partial charge < -0.3 is 15.2 Å². The van der Waals surface area contributed by atoms with Gasteiger partial charge in [-0.15, -0.1) is 0 Å². The Bertz CT molecular complexity index is 484. The predicted octanol–water partition coefficient (Wildman–Crippen LogP) is 3.92. The highest BCUT2D eigenvalue weighted by Crippen LogP contribution is 2.34. The van der Waals surface area contributed by atoms with Gasteiger partial charge in [0, 0.05) is 5.56 Å². The minimum Gasteiger partial charge on any atom is -0.507 e. The number of carbonyl (C=O) groups is 1. The summed E-state index contributed by atoms with van der Waals surface area (Å²) in [5, 5.41) is 12.3. The molecule has 0 saturated carbocycles. The highest BCUT2D eigenvalue weighted by molar-refractivity contribution is 5.68. The van der Waals surface area contributed by atoms with E-state index in [1.165, 1.54) is 12.1 Å². The first-order chi connectivity index (χ1) is 9.11. The molecule has 0 aliphatic heterocycles. The molecule has 1 aromatic rings. The third-order valence-corrected chi connectivity index (χ3v) is 2.53. The highest BCUT2D eigenvalue weighted by atomic mass is 19.3. The molecule has 0 bridgehead atoms. The molecule has 0 spiro atoms. The number of rotatable bonds is 3. The minimum absolute atomic E-state index is 0.216. The molecule has 0 aliphatic carbocycles. The van der Waals surface area contributed by atoms with Gasteiger partial charge in [0.05, 0.1) is 11.6 Å². The van der Waals surface area contributed by atoms with E-state index in [1.54, 1.807) is 27.7 Å². The SMILES string of the molecule is C[C@@H](NC(=O)OC(C)(C)C)c1cccc(C(F)F)c1O. The molecule has 1 atom stereocenters. The van der Waals surface area contributed by atoms with Crippen molar-refractivity contribution >= 4 is 6.09 Å². The van der Waals surface area contributed by atoms with E-state index in [1.807, 2.05) is 0 Å². The maximum absolute atomic E-state index is 12.7. The van der Waals surface area contributed by atoms with Crippen molar-refractivity contribution in [2.24, 2.45) is 0 Å². The summed E-state index contributed by atoms with van der Waals surface area (Å²) in [5.74, 6) is -0.508. The Morgan fingerprint density at radius 3 is 2.35 bits per heavy atom. The van der Waals surface area contributed by atoms with E-state index in [0.717, 1.165) is 6.07 Å². The summed E-state index contributed by atoms with van der Waals surface area (Å²) in [6.07, 6.45) is -3.45. The molecule has 6 heteroatoms. The summed E-state index contributed by atoms with van der Waals surface area (Å²) < 4.78 is 30.4. The number of phenols is 1. The number of benzene rings is 1. The first kappa shape index (κ1) is 16.2. The van der Waals surface area contributed by atoms with Gasteiger partial charge in [0.2, 0.25) is 0 Å². The van der Waals surface area contributed by atoms with Crippen LogP contribution in [0.1, 0.15) is 51.3 Å². The molecule has 0 radical (unpaired) electrons. The van der Waals surface area contributed by atoms with Crippen LogP contribution in [0, 0.1) is 0 Å². The molecule has 0 fully saturated rings. The lowest BCUT2D eigenvalue weighted by atomic mass is 10.0. The van der Waals surface area contributed by atoms with Crippen LogP contribution in [0.25, 0.3) is 0 Å². The monoisotopic (exact) mass is 287 g/mol. The predicted molar refractivity (Wildman–Crippen MR) is 70.8 cm³/mol. The smallest absolute Gasteiger partial charge is 0.408 e. The molecule has 0 aromatic heterocycles. The van der Waals surface area contributed by atoms with Gasteiger partial charge in [0.25, 0.3) is 6.43 Å². The molecule has 4 nitrogen and oxygen atoms in total. The zero-order valence-corrected chi connectivity index (χ0v) is 11.9. The fraction of sp³-hybridized carbons (Fsp3) is 0.500. The largest absolute Gasteiger partial charge is 0.507 e. The van der Waals surface area contributed by atoms with Crippen molar-refractivity contribution in [3.05, 3.63) is 29.3 Å². The number of para-hydroxylation sites is 1. The summed E-state index contributed by atoms with van der Waals surface area (Å²) >= 11 is 0. The maximum atomic E-state index is 12.7. The molecule has 2 N–H and O–H groups in total. The van der Waals surface area contributed by atoms with Crippen molar-refractivity contribution in [1.82, 2.24) is 5.32 Å². The van der Waals surface area contributed by atoms with Crippen LogP contribution in [-0.4, -0.2) is 16.8 Å². The van der Waals surface area contributed by atoms with E-state index in [9.17, 15) is 18.7 Å². The Kier molecular flexibility index (Phi) is 4.92. The standard InChI is InChI=1S/C14H19F2NO3/c1-8(17-13(19)20-14(2,3)4)9-6-5-7-10(11(9)18)12(15)16/h5-8,12,18H,1-4H3,(H,17,19)/t8-/m1/s1. The third kappa shape index (κ3) is 4.36. The van der Waals surface area contributed by atoms with E-state index in [2.05, 4.69) is 5.32 Å². The number of alkyl carbamates (subject to hydrolysis) is 1. The molecule has 1 amide bonds. The maximum Gasteiger partial charge on any atom is 0.408 e. The number of hydrogen-bond donors (Lipinski definition) is 2. The van der Waals surface area contributed by atoms with E-state index in [0.29, 0.717) is 0 Å². The second-order valence-corrected chi connectivity index (χ2v) is 5.45. The van der Waals surface area contributed by atoms with Crippen molar-refractivity contribution in [2.45, 2.75) is 45.8 Å². The first-order valence-electron chi connectivity index (χ1n) is 6.21. The van der Waals surface area contributed by atoms with Crippen molar-refractivity contribution in [3.63, 3.8) is 0 Å². The lowest BCUT2D eigenvalue weighted by molar-refractivity contribution is 0.0507. The zero-order valence-electron chi connectivity index (χ0n) is 11.9. The van der Waals surface area contributed by atoms with Crippen LogP contribution < -0.4 is 5.32 Å². The van der Waals surface area contributed by atoms with E-state index in [4.69, 9.17) is 4.74 Å². The Balaban J connectivity index is 2.85. The number of halogens is 2. The number of phenolic OH excluding ortho intramolecular Hbond substituents is 1. The van der Waals surface area contributed by atoms with Gasteiger partial charge >= 0.3 is 6.09 Å². The molecule has 20 heavy (non-hydrogen) atoms. The van der Waals surface area contributed by atoms with Crippen LogP contribution in [-0.2, 0) is 4.74 Å². The molecular formula is C14H19F2NO3. The van der Waals surface area contributed by atoms with Gasteiger partial charge in [0.1, 0.15) is 11.4 Å². The number of nitrogens with one attached hydrogen (secondary N) is 1. The topological polar surface area (TPSA) is 58.6 Å². The molecule has 0 saturated heterocycles. The number of carbonyl (C=O) groups excluding carboxylic acids is 1. The van der Waals surface area contributed by atoms with Crippen molar-refractivity contribution in [3.8, 4) is 5.75 Å². The number of amides is 1. The zero-order chi connectivity index (χ0) is 15.5. The Morgan fingerprint density at radius 1 is 1.30 bits per heavy atom. The summed E-state index contributed by atoms with van der Waals surface area (Å²) in [7, 11) is 0. The van der Waals surface area contributed by atoms with Gasteiger partial charge in [-0.1, -0.05) is 12.1 Å². The van der Waals surface area contributed by atoms with Crippen LogP contribution >= 0.6 is 0 Å². The second kappa shape index (κ2) is 6.07. The molecule has 0 unspecified atom stereocenters. The average molecular weight is 287 g/mol. The fourth-order valence-electron chi connectivity index (χ4n) is 1.67. The number of aromatic hydroxyl groups is 1. The molecule has 1 aromatic carbocycles. The van der Waals surface area contributed by atoms with Gasteiger partial charge in [-0.05, 0) is 33.8 Å². The lowest BCUT2D eigenvalue weighted by Crippen LogP contribution is -2.34. The van der Waals surface area contributed by atoms with Crippen molar-refractivity contribution in [1.29, 1.82) is 0 Å². The fourth-order valence-corrected chi connectivity index (χ4v) is 1.67. The van der Waals surface area contributed by atoms with Crippen LogP contribution in [0.4, 0.5) is 13.6 Å². The average Bonchev–Trinajstić information content (AvgIpc) is 2.25. The Hall–Kier alpha value is -1.85. The quantitative estimate of drug-likeness (QED) is 0.886. The number of ether oxygens (including phenoxy) is 1. The molecule has 112 valence electrons. The normalized spacial score (nSPS) is 13.2. The van der Waals surface area contributed by atoms with Gasteiger partial charge in [-0.2, -0.15) is 0 Å². The number of alkyl halides is 2. The second-order valence-electron chi connectivity index (χ2n) is 5.45. The van der Waals surface area contributed by atoms with E-state index >= 15 is 0 Å². The molecule has 1 rings (SSSR count). The minimum atomic E-state index is -2.77. The van der Waals surface area contributed by atoms with Crippen molar-refractivity contribution < 1.29 is 23.4 Å². The third-order valence-electron chi connectivity index (χ3n) is 2.53. The summed E-state index contributed by atoms with van der Waals surface area (Å²) in [6.45, 7) is 6.72. The summed E-state index contributed by atoms with van der Waals surface area (Å²) in [5.41, 5.74) is -0.898. The van der Waals surface area contributed by atoms with Crippen molar-refractivity contribution in [2.75, 3.05) is 0 Å². The van der Waals surface area contributed by atoms with Crippen LogP contribution in [0.3, 0.4) is 0 Å². The summed E-state index contributed by atoms with van der Waals surface area (Å²) in [6, 6.07) is 3.38. The lowest BCUT2D eigenvalue weighted by Gasteiger charge is -2.22. The number of hydrogen-bond acceptors (Lipinski definition) is 3. The van der Waals surface area contributed by atoms with Crippen LogP contribution in [0.2, 0.25) is 0 Å². The highest BCUT2D eigenvalue weighted by Gasteiger charge is 2.22. The Labute approximate surface area is 116 Å². The van der Waals surface area contributed by atoms with Gasteiger partial charge in [-0.3, -0.25) is 0 Å². The van der Waals surface area contributed by atoms with E-state index in [-0.39, 0.29) is 5.56 Å². The Morgan fingerprint density at radius 2 is 1.85 bits per heavy atom. The van der Waals surface area contributed by atoms with Crippen LogP contribution in [0.15, 0.2) is 18.2 Å². The first-order valence-corrected chi connectivity index (χ1v) is 6.21.